The van der Waals surface area contributed by atoms with E-state index in [0.29, 0.717) is 4.90 Å². The lowest BCUT2D eigenvalue weighted by molar-refractivity contribution is 0.204. The van der Waals surface area contributed by atoms with Crippen LogP contribution >= 0.6 is 11.8 Å². The van der Waals surface area contributed by atoms with Gasteiger partial charge in [-0.3, -0.25) is 0 Å². The summed E-state index contributed by atoms with van der Waals surface area (Å²) in [5.74, 6) is 0. The first kappa shape index (κ1) is 14.9. The summed E-state index contributed by atoms with van der Waals surface area (Å²) in [6.45, 7) is 4.01. The van der Waals surface area contributed by atoms with Crippen molar-refractivity contribution in [3.8, 4) is 0 Å². The van der Waals surface area contributed by atoms with E-state index in [0.717, 1.165) is 24.2 Å². The largest absolute Gasteiger partial charge is 0.243 e. The zero-order chi connectivity index (χ0) is 14.0. The molecule has 2 rings (SSSR count). The van der Waals surface area contributed by atoms with Crippen molar-refractivity contribution in [1.82, 2.24) is 4.31 Å². The summed E-state index contributed by atoms with van der Waals surface area (Å²) in [5.41, 5.74) is 0. The predicted octanol–water partition coefficient (Wildman–Crippen LogP) is 3.36. The molecule has 3 nitrogen and oxygen atoms in total. The molecule has 1 heterocycles. The molecule has 19 heavy (non-hydrogen) atoms. The van der Waals surface area contributed by atoms with Gasteiger partial charge in [-0.1, -0.05) is 6.42 Å². The number of hydrogen-bond acceptors (Lipinski definition) is 3. The molecule has 2 atom stereocenters. The van der Waals surface area contributed by atoms with Crippen LogP contribution in [0.15, 0.2) is 34.1 Å². The van der Waals surface area contributed by atoms with Gasteiger partial charge in [0.1, 0.15) is 0 Å². The first-order valence-corrected chi connectivity index (χ1v) is 9.31. The van der Waals surface area contributed by atoms with Crippen molar-refractivity contribution in [3.05, 3.63) is 24.3 Å². The van der Waals surface area contributed by atoms with E-state index >= 15 is 0 Å². The smallest absolute Gasteiger partial charge is 0.207 e. The van der Waals surface area contributed by atoms with Crippen molar-refractivity contribution in [1.29, 1.82) is 0 Å². The molecule has 106 valence electrons. The van der Waals surface area contributed by atoms with E-state index in [1.54, 1.807) is 28.2 Å². The Morgan fingerprint density at radius 2 is 1.63 bits per heavy atom. The van der Waals surface area contributed by atoms with Crippen LogP contribution in [0.1, 0.15) is 33.1 Å². The Balaban J connectivity index is 2.34. The number of thioether (sulfide) groups is 1. The number of piperidine rings is 1. The van der Waals surface area contributed by atoms with Crippen LogP contribution in [-0.4, -0.2) is 31.1 Å². The van der Waals surface area contributed by atoms with Crippen LogP contribution in [0.5, 0.6) is 0 Å². The average Bonchev–Trinajstić information content (AvgIpc) is 2.38. The fraction of sp³-hybridized carbons (Fsp3) is 0.571. The van der Waals surface area contributed by atoms with Crippen molar-refractivity contribution < 1.29 is 8.42 Å². The summed E-state index contributed by atoms with van der Waals surface area (Å²) in [6.07, 6.45) is 5.00. The quantitative estimate of drug-likeness (QED) is 0.803. The molecule has 1 aliphatic heterocycles. The summed E-state index contributed by atoms with van der Waals surface area (Å²) in [5, 5.41) is 0. The lowest BCUT2D eigenvalue weighted by Gasteiger charge is -2.37. The van der Waals surface area contributed by atoms with Crippen LogP contribution in [0.2, 0.25) is 0 Å². The Labute approximate surface area is 120 Å². The molecule has 0 radical (unpaired) electrons. The minimum atomic E-state index is -3.36. The van der Waals surface area contributed by atoms with Crippen molar-refractivity contribution in [2.24, 2.45) is 0 Å². The Kier molecular flexibility index (Phi) is 4.58. The SMILES string of the molecule is CSc1ccc(S(=O)(=O)N2C(C)CCCC2C)cc1. The third-order valence-corrected chi connectivity index (χ3v) is 6.63. The van der Waals surface area contributed by atoms with E-state index in [-0.39, 0.29) is 12.1 Å². The second-order valence-corrected chi connectivity index (χ2v) is 7.86. The molecule has 0 aliphatic carbocycles. The number of hydrogen-bond donors (Lipinski definition) is 0. The summed E-state index contributed by atoms with van der Waals surface area (Å²) in [6, 6.07) is 7.36. The summed E-state index contributed by atoms with van der Waals surface area (Å²) >= 11 is 1.62. The molecule has 0 saturated carbocycles. The molecule has 0 aromatic heterocycles. The van der Waals surface area contributed by atoms with Gasteiger partial charge in [-0.2, -0.15) is 4.31 Å². The molecule has 0 N–H and O–H groups in total. The maximum atomic E-state index is 12.7. The van der Waals surface area contributed by atoms with E-state index in [1.807, 2.05) is 32.2 Å². The molecule has 1 aromatic carbocycles. The fourth-order valence-corrected chi connectivity index (χ4v) is 5.03. The molecular weight excluding hydrogens is 278 g/mol. The van der Waals surface area contributed by atoms with E-state index in [4.69, 9.17) is 0 Å². The Bertz CT molecular complexity index is 515. The lowest BCUT2D eigenvalue weighted by atomic mass is 10.0. The lowest BCUT2D eigenvalue weighted by Crippen LogP contribution is -2.47. The van der Waals surface area contributed by atoms with Gasteiger partial charge in [0.15, 0.2) is 0 Å². The van der Waals surface area contributed by atoms with Crippen LogP contribution in [0.3, 0.4) is 0 Å². The van der Waals surface area contributed by atoms with Crippen molar-refractivity contribution in [2.45, 2.75) is 55.0 Å². The topological polar surface area (TPSA) is 37.4 Å². The molecule has 1 aromatic rings. The van der Waals surface area contributed by atoms with Crippen LogP contribution < -0.4 is 0 Å². The van der Waals surface area contributed by atoms with Gasteiger partial charge in [0.25, 0.3) is 0 Å². The van der Waals surface area contributed by atoms with Gasteiger partial charge in [-0.25, -0.2) is 8.42 Å². The monoisotopic (exact) mass is 299 g/mol. The van der Waals surface area contributed by atoms with Crippen molar-refractivity contribution >= 4 is 21.8 Å². The molecule has 0 bridgehead atoms. The van der Waals surface area contributed by atoms with Gasteiger partial charge >= 0.3 is 0 Å². The second kappa shape index (κ2) is 5.85. The molecule has 2 unspecified atom stereocenters. The fourth-order valence-electron chi connectivity index (χ4n) is 2.74. The van der Waals surface area contributed by atoms with Crippen LogP contribution in [0.4, 0.5) is 0 Å². The summed E-state index contributed by atoms with van der Waals surface area (Å²) < 4.78 is 27.1. The molecular formula is C14H21NO2S2. The molecule has 0 amide bonds. The standard InChI is InChI=1S/C14H21NO2S2/c1-11-5-4-6-12(2)15(11)19(16,17)14-9-7-13(18-3)8-10-14/h7-12H,4-6H2,1-3H3. The third-order valence-electron chi connectivity index (χ3n) is 3.75. The third kappa shape index (κ3) is 2.98. The normalized spacial score (nSPS) is 25.4. The molecule has 5 heteroatoms. The number of nitrogens with zero attached hydrogens (tertiary/aromatic N) is 1. The predicted molar refractivity (Wildman–Crippen MR) is 80.0 cm³/mol. The van der Waals surface area contributed by atoms with E-state index in [2.05, 4.69) is 0 Å². The molecule has 0 spiro atoms. The minimum absolute atomic E-state index is 0.0916. The first-order valence-electron chi connectivity index (χ1n) is 6.64. The average molecular weight is 299 g/mol. The van der Waals surface area contributed by atoms with E-state index < -0.39 is 10.0 Å². The number of rotatable bonds is 3. The molecule has 1 aliphatic rings. The second-order valence-electron chi connectivity index (χ2n) is 5.14. The minimum Gasteiger partial charge on any atom is -0.207 e. The molecule has 1 saturated heterocycles. The molecule has 1 fully saturated rings. The highest BCUT2D eigenvalue weighted by molar-refractivity contribution is 7.98. The van der Waals surface area contributed by atoms with Gasteiger partial charge < -0.3 is 0 Å². The highest BCUT2D eigenvalue weighted by Crippen LogP contribution is 2.30. The van der Waals surface area contributed by atoms with Crippen LogP contribution in [0, 0.1) is 0 Å². The number of sulfonamides is 1. The maximum Gasteiger partial charge on any atom is 0.243 e. The zero-order valence-electron chi connectivity index (χ0n) is 11.7. The number of benzene rings is 1. The Morgan fingerprint density at radius 1 is 1.11 bits per heavy atom. The Morgan fingerprint density at radius 3 is 2.11 bits per heavy atom. The highest BCUT2D eigenvalue weighted by Gasteiger charge is 2.35. The van der Waals surface area contributed by atoms with Gasteiger partial charge in [-0.05, 0) is 57.2 Å². The van der Waals surface area contributed by atoms with E-state index in [9.17, 15) is 8.42 Å². The zero-order valence-corrected chi connectivity index (χ0v) is 13.3. The van der Waals surface area contributed by atoms with Gasteiger partial charge in [0.2, 0.25) is 10.0 Å². The van der Waals surface area contributed by atoms with Crippen molar-refractivity contribution in [3.63, 3.8) is 0 Å². The summed E-state index contributed by atoms with van der Waals surface area (Å²) in [7, 11) is -3.36. The maximum absolute atomic E-state index is 12.7. The Hall–Kier alpha value is -0.520. The van der Waals surface area contributed by atoms with Crippen LogP contribution in [-0.2, 0) is 10.0 Å². The van der Waals surface area contributed by atoms with Gasteiger partial charge in [-0.15, -0.1) is 11.8 Å². The first-order chi connectivity index (χ1) is 8.96. The van der Waals surface area contributed by atoms with Crippen LogP contribution in [0.25, 0.3) is 0 Å². The van der Waals surface area contributed by atoms with Gasteiger partial charge in [0, 0.05) is 17.0 Å². The summed E-state index contributed by atoms with van der Waals surface area (Å²) in [4.78, 5) is 1.49. The van der Waals surface area contributed by atoms with Gasteiger partial charge in [0.05, 0.1) is 4.90 Å². The van der Waals surface area contributed by atoms with Crippen molar-refractivity contribution in [2.75, 3.05) is 6.26 Å². The van der Waals surface area contributed by atoms with E-state index in [1.165, 1.54) is 0 Å². The highest BCUT2D eigenvalue weighted by atomic mass is 32.2.